The van der Waals surface area contributed by atoms with Gasteiger partial charge in [0.05, 0.1) is 16.7 Å². The molecule has 1 fully saturated rings. The number of aromatic nitrogens is 2. The van der Waals surface area contributed by atoms with Crippen molar-refractivity contribution >= 4 is 15.9 Å². The van der Waals surface area contributed by atoms with Gasteiger partial charge in [0.15, 0.2) is 0 Å². The molecule has 8 nitrogen and oxygen atoms in total. The van der Waals surface area contributed by atoms with E-state index in [9.17, 15) is 17.6 Å². The molecule has 1 aliphatic heterocycles. The number of aryl methyl sites for hydroxylation is 1. The molecule has 174 valence electrons. The van der Waals surface area contributed by atoms with Crippen LogP contribution in [-0.2, 0) is 21.3 Å². The number of hydrogen-bond donors (Lipinski definition) is 2. The molecule has 1 atom stereocenters. The lowest BCUT2D eigenvalue weighted by molar-refractivity contribution is 0.0950. The molecule has 1 amide bonds. The van der Waals surface area contributed by atoms with E-state index in [4.69, 9.17) is 4.74 Å². The first kappa shape index (κ1) is 23.1. The third-order valence-electron chi connectivity index (χ3n) is 5.50. The number of halogens is 1. The lowest BCUT2D eigenvalue weighted by atomic mass is 10.1. The van der Waals surface area contributed by atoms with Crippen molar-refractivity contribution in [3.63, 3.8) is 0 Å². The van der Waals surface area contributed by atoms with Crippen molar-refractivity contribution in [3.05, 3.63) is 77.6 Å². The zero-order valence-electron chi connectivity index (χ0n) is 18.1. The molecule has 0 aliphatic carbocycles. The van der Waals surface area contributed by atoms with Crippen LogP contribution in [0.2, 0.25) is 0 Å². The number of rotatable bonds is 8. The van der Waals surface area contributed by atoms with Crippen LogP contribution >= 0.6 is 0 Å². The summed E-state index contributed by atoms with van der Waals surface area (Å²) >= 11 is 0. The number of hydrogen-bond acceptors (Lipinski definition) is 5. The highest BCUT2D eigenvalue weighted by molar-refractivity contribution is 7.89. The maximum absolute atomic E-state index is 14.5. The molecular weight excluding hydrogens is 447 g/mol. The topological polar surface area (TPSA) is 102 Å². The molecule has 10 heteroatoms. The SMILES string of the molecule is Cc1nccn1-c1ccc(CNC(=O)c2ccc(S(=O)(=O)NCC3CCCO3)cc2)cc1F. The Bertz CT molecular complexity index is 1240. The van der Waals surface area contributed by atoms with Gasteiger partial charge in [-0.05, 0) is 61.7 Å². The summed E-state index contributed by atoms with van der Waals surface area (Å²) in [5.74, 6) is -0.142. The summed E-state index contributed by atoms with van der Waals surface area (Å²) in [4.78, 5) is 16.6. The molecular formula is C23H25FN4O4S. The molecule has 1 aromatic heterocycles. The predicted molar refractivity (Wildman–Crippen MR) is 120 cm³/mol. The van der Waals surface area contributed by atoms with Crippen molar-refractivity contribution in [2.45, 2.75) is 37.3 Å². The van der Waals surface area contributed by atoms with E-state index in [-0.39, 0.29) is 30.0 Å². The summed E-state index contributed by atoms with van der Waals surface area (Å²) in [5.41, 5.74) is 1.28. The zero-order chi connectivity index (χ0) is 23.4. The predicted octanol–water partition coefficient (Wildman–Crippen LogP) is 2.71. The van der Waals surface area contributed by atoms with Crippen LogP contribution in [0.1, 0.15) is 34.6 Å². The van der Waals surface area contributed by atoms with Crippen LogP contribution in [0.25, 0.3) is 5.69 Å². The van der Waals surface area contributed by atoms with E-state index in [2.05, 4.69) is 15.0 Å². The molecule has 1 aliphatic rings. The first-order chi connectivity index (χ1) is 15.8. The van der Waals surface area contributed by atoms with Crippen LogP contribution in [0.4, 0.5) is 4.39 Å². The minimum Gasteiger partial charge on any atom is -0.377 e. The van der Waals surface area contributed by atoms with Gasteiger partial charge in [-0.25, -0.2) is 22.5 Å². The second-order valence-corrected chi connectivity index (χ2v) is 9.59. The van der Waals surface area contributed by atoms with E-state index in [1.807, 2.05) is 0 Å². The summed E-state index contributed by atoms with van der Waals surface area (Å²) < 4.78 is 49.0. The molecule has 2 heterocycles. The average Bonchev–Trinajstić information content (AvgIpc) is 3.48. The second kappa shape index (κ2) is 9.82. The van der Waals surface area contributed by atoms with Gasteiger partial charge < -0.3 is 14.6 Å². The normalized spacial score (nSPS) is 16.1. The summed E-state index contributed by atoms with van der Waals surface area (Å²) in [6.45, 7) is 2.78. The van der Waals surface area contributed by atoms with E-state index in [1.165, 1.54) is 30.3 Å². The monoisotopic (exact) mass is 472 g/mol. The van der Waals surface area contributed by atoms with Crippen LogP contribution < -0.4 is 10.0 Å². The number of carbonyl (C=O) groups excluding carboxylic acids is 1. The van der Waals surface area contributed by atoms with Gasteiger partial charge in [0, 0.05) is 37.7 Å². The molecule has 0 radical (unpaired) electrons. The lowest BCUT2D eigenvalue weighted by Crippen LogP contribution is -2.31. The number of nitrogens with zero attached hydrogens (tertiary/aromatic N) is 2. The van der Waals surface area contributed by atoms with E-state index in [0.717, 1.165) is 12.8 Å². The van der Waals surface area contributed by atoms with Gasteiger partial charge in [0.25, 0.3) is 5.91 Å². The number of amides is 1. The molecule has 33 heavy (non-hydrogen) atoms. The molecule has 0 saturated carbocycles. The largest absolute Gasteiger partial charge is 0.377 e. The minimum atomic E-state index is -3.69. The van der Waals surface area contributed by atoms with Gasteiger partial charge in [-0.1, -0.05) is 6.07 Å². The third-order valence-corrected chi connectivity index (χ3v) is 6.94. The Balaban J connectivity index is 1.35. The average molecular weight is 473 g/mol. The van der Waals surface area contributed by atoms with Crippen LogP contribution in [0.3, 0.4) is 0 Å². The summed E-state index contributed by atoms with van der Waals surface area (Å²) in [6.07, 6.45) is 4.93. The quantitative estimate of drug-likeness (QED) is 0.525. The highest BCUT2D eigenvalue weighted by atomic mass is 32.2. The van der Waals surface area contributed by atoms with Gasteiger partial charge in [-0.15, -0.1) is 0 Å². The first-order valence-electron chi connectivity index (χ1n) is 10.6. The zero-order valence-corrected chi connectivity index (χ0v) is 18.9. The van der Waals surface area contributed by atoms with E-state index in [0.29, 0.717) is 29.2 Å². The second-order valence-electron chi connectivity index (χ2n) is 7.82. The smallest absolute Gasteiger partial charge is 0.251 e. The van der Waals surface area contributed by atoms with Crippen LogP contribution in [0, 0.1) is 12.7 Å². The molecule has 1 saturated heterocycles. The van der Waals surface area contributed by atoms with Crippen LogP contribution in [-0.4, -0.2) is 43.1 Å². The molecule has 2 aromatic carbocycles. The number of imidazole rings is 1. The van der Waals surface area contributed by atoms with Crippen molar-refractivity contribution in [1.82, 2.24) is 19.6 Å². The fraction of sp³-hybridized carbons (Fsp3) is 0.304. The summed E-state index contributed by atoms with van der Waals surface area (Å²) in [5, 5.41) is 2.72. The van der Waals surface area contributed by atoms with E-state index >= 15 is 0 Å². The molecule has 2 N–H and O–H groups in total. The highest BCUT2D eigenvalue weighted by Crippen LogP contribution is 2.17. The fourth-order valence-corrected chi connectivity index (χ4v) is 4.72. The number of carbonyl (C=O) groups is 1. The highest BCUT2D eigenvalue weighted by Gasteiger charge is 2.20. The standard InChI is InChI=1S/C23H25FN4O4S/c1-16-25-10-11-28(16)22-9-4-17(13-21(22)24)14-26-23(29)18-5-7-20(8-6-18)33(30,31)27-15-19-3-2-12-32-19/h4-11,13,19,27H,2-3,12,14-15H2,1H3,(H,26,29). The van der Waals surface area contributed by atoms with E-state index in [1.54, 1.807) is 36.0 Å². The van der Waals surface area contributed by atoms with Crippen molar-refractivity contribution < 1.29 is 22.3 Å². The van der Waals surface area contributed by atoms with Crippen molar-refractivity contribution in [2.75, 3.05) is 13.2 Å². The number of sulfonamides is 1. The Labute approximate surface area is 191 Å². The Morgan fingerprint density at radius 3 is 2.67 bits per heavy atom. The van der Waals surface area contributed by atoms with Crippen molar-refractivity contribution in [2.24, 2.45) is 0 Å². The van der Waals surface area contributed by atoms with Gasteiger partial charge in [-0.3, -0.25) is 4.79 Å². The summed E-state index contributed by atoms with van der Waals surface area (Å²) in [7, 11) is -3.69. The lowest BCUT2D eigenvalue weighted by Gasteiger charge is -2.12. The van der Waals surface area contributed by atoms with Crippen molar-refractivity contribution in [3.8, 4) is 5.69 Å². The fourth-order valence-electron chi connectivity index (χ4n) is 3.65. The number of nitrogens with one attached hydrogen (secondary N) is 2. The van der Waals surface area contributed by atoms with Gasteiger partial charge in [0.1, 0.15) is 11.6 Å². The molecule has 3 aromatic rings. The van der Waals surface area contributed by atoms with Gasteiger partial charge in [0.2, 0.25) is 10.0 Å². The molecule has 1 unspecified atom stereocenters. The van der Waals surface area contributed by atoms with Crippen LogP contribution in [0.5, 0.6) is 0 Å². The maximum Gasteiger partial charge on any atom is 0.251 e. The Morgan fingerprint density at radius 2 is 2.03 bits per heavy atom. The Kier molecular flexibility index (Phi) is 6.87. The first-order valence-corrected chi connectivity index (χ1v) is 12.1. The third kappa shape index (κ3) is 5.47. The summed E-state index contributed by atoms with van der Waals surface area (Å²) in [6, 6.07) is 10.4. The molecule has 0 spiro atoms. The minimum absolute atomic E-state index is 0.0736. The maximum atomic E-state index is 14.5. The Hall–Kier alpha value is -3.08. The number of ether oxygens (including phenoxy) is 1. The van der Waals surface area contributed by atoms with Crippen LogP contribution in [0.15, 0.2) is 59.8 Å². The number of benzene rings is 2. The van der Waals surface area contributed by atoms with Gasteiger partial charge >= 0.3 is 0 Å². The van der Waals surface area contributed by atoms with Gasteiger partial charge in [-0.2, -0.15) is 0 Å². The Morgan fingerprint density at radius 1 is 1.24 bits per heavy atom. The van der Waals surface area contributed by atoms with Crippen molar-refractivity contribution in [1.29, 1.82) is 0 Å². The van der Waals surface area contributed by atoms with E-state index < -0.39 is 15.8 Å². The molecule has 0 bridgehead atoms. The molecule has 4 rings (SSSR count).